The van der Waals surface area contributed by atoms with Gasteiger partial charge in [0.25, 0.3) is 0 Å². The summed E-state index contributed by atoms with van der Waals surface area (Å²) >= 11 is 6.15. The molecule has 1 aliphatic heterocycles. The van der Waals surface area contributed by atoms with Crippen molar-refractivity contribution in [2.75, 3.05) is 56.5 Å². The zero-order chi connectivity index (χ0) is 24.8. The summed E-state index contributed by atoms with van der Waals surface area (Å²) in [5.74, 6) is 1.10. The lowest BCUT2D eigenvalue weighted by molar-refractivity contribution is 0.311. The summed E-state index contributed by atoms with van der Waals surface area (Å²) in [6.45, 7) is 4.02. The molecule has 3 aromatic rings. The van der Waals surface area contributed by atoms with Gasteiger partial charge in [-0.05, 0) is 31.6 Å². The molecule has 0 saturated carbocycles. The van der Waals surface area contributed by atoms with Crippen LogP contribution >= 0.6 is 11.6 Å². The zero-order valence-corrected chi connectivity index (χ0v) is 21.3. The molecule has 4 N–H and O–H groups in total. The molecule has 0 amide bonds. The van der Waals surface area contributed by atoms with Crippen LogP contribution in [0.1, 0.15) is 12.0 Å². The highest BCUT2D eigenvalue weighted by Gasteiger charge is 2.25. The minimum absolute atomic E-state index is 0.134. The summed E-state index contributed by atoms with van der Waals surface area (Å²) in [6.07, 6.45) is 1.91. The molecule has 1 unspecified atom stereocenters. The van der Waals surface area contributed by atoms with Gasteiger partial charge >= 0.3 is 0 Å². The third kappa shape index (κ3) is 6.56. The molecule has 1 saturated heterocycles. The highest BCUT2D eigenvalue weighted by Crippen LogP contribution is 2.26. The maximum atomic E-state index is 13.1. The van der Waals surface area contributed by atoms with Gasteiger partial charge in [-0.25, -0.2) is 23.1 Å². The standard InChI is InChI=1S/C23H31ClN8O2S/c1-31-9-11-32(12-10-31)23-29-20-16-26-21(24)13-19(20)22(30-23)27-15-18(7-8-25)35(33,34)28-14-17-5-3-2-4-6-17/h2-6,13,16,18,28H,7-12,14-15,25H2,1H3,(H,27,29,30). The van der Waals surface area contributed by atoms with Gasteiger partial charge in [0.2, 0.25) is 16.0 Å². The second-order valence-corrected chi connectivity index (χ2v) is 11.1. The predicted molar refractivity (Wildman–Crippen MR) is 140 cm³/mol. The maximum absolute atomic E-state index is 13.1. The molecular weight excluding hydrogens is 488 g/mol. The van der Waals surface area contributed by atoms with Crippen molar-refractivity contribution in [3.63, 3.8) is 0 Å². The van der Waals surface area contributed by atoms with Crippen LogP contribution in [0, 0.1) is 0 Å². The van der Waals surface area contributed by atoms with E-state index in [9.17, 15) is 8.42 Å². The fourth-order valence-corrected chi connectivity index (χ4v) is 5.45. The highest BCUT2D eigenvalue weighted by molar-refractivity contribution is 7.90. The minimum atomic E-state index is -3.64. The largest absolute Gasteiger partial charge is 0.368 e. The fraction of sp³-hybridized carbons (Fsp3) is 0.435. The Morgan fingerprint density at radius 2 is 1.89 bits per heavy atom. The Kier molecular flexibility index (Phi) is 8.34. The molecule has 1 atom stereocenters. The van der Waals surface area contributed by atoms with E-state index in [1.165, 1.54) is 0 Å². The first kappa shape index (κ1) is 25.5. The first-order valence-electron chi connectivity index (χ1n) is 11.6. The monoisotopic (exact) mass is 518 g/mol. The summed E-state index contributed by atoms with van der Waals surface area (Å²) in [4.78, 5) is 18.0. The van der Waals surface area contributed by atoms with Gasteiger partial charge in [0.1, 0.15) is 11.0 Å². The molecule has 12 heteroatoms. The lowest BCUT2D eigenvalue weighted by atomic mass is 10.2. The number of pyridine rings is 1. The summed E-state index contributed by atoms with van der Waals surface area (Å²) in [7, 11) is -1.56. The molecule has 1 aliphatic rings. The van der Waals surface area contributed by atoms with Crippen LogP contribution in [0.3, 0.4) is 0 Å². The van der Waals surface area contributed by atoms with Gasteiger partial charge in [-0.2, -0.15) is 4.98 Å². The van der Waals surface area contributed by atoms with E-state index in [0.717, 1.165) is 31.7 Å². The summed E-state index contributed by atoms with van der Waals surface area (Å²) in [5.41, 5.74) is 7.29. The van der Waals surface area contributed by atoms with Crippen molar-refractivity contribution >= 4 is 44.3 Å². The first-order valence-corrected chi connectivity index (χ1v) is 13.5. The molecule has 1 aromatic carbocycles. The third-order valence-electron chi connectivity index (χ3n) is 6.07. The molecule has 0 bridgehead atoms. The number of nitrogens with two attached hydrogens (primary N) is 1. The van der Waals surface area contributed by atoms with E-state index in [-0.39, 0.29) is 19.6 Å². The number of fused-ring (bicyclic) bond motifs is 1. The minimum Gasteiger partial charge on any atom is -0.368 e. The van der Waals surface area contributed by atoms with Crippen molar-refractivity contribution in [3.8, 4) is 0 Å². The predicted octanol–water partition coefficient (Wildman–Crippen LogP) is 1.68. The Hall–Kier alpha value is -2.57. The second kappa shape index (κ2) is 11.4. The van der Waals surface area contributed by atoms with Crippen LogP contribution in [0.25, 0.3) is 10.9 Å². The lowest BCUT2D eigenvalue weighted by Crippen LogP contribution is -2.45. The first-order chi connectivity index (χ1) is 16.9. The van der Waals surface area contributed by atoms with E-state index >= 15 is 0 Å². The summed E-state index contributed by atoms with van der Waals surface area (Å²) in [5, 5.41) is 3.49. The van der Waals surface area contributed by atoms with Crippen molar-refractivity contribution in [1.82, 2.24) is 24.6 Å². The Balaban J connectivity index is 1.55. The van der Waals surface area contributed by atoms with Gasteiger partial charge in [0.05, 0.1) is 17.0 Å². The number of sulfonamides is 1. The number of anilines is 2. The van der Waals surface area contributed by atoms with Crippen LogP contribution < -0.4 is 20.7 Å². The number of nitrogens with zero attached hydrogens (tertiary/aromatic N) is 5. The van der Waals surface area contributed by atoms with Crippen LogP contribution in [-0.2, 0) is 16.6 Å². The van der Waals surface area contributed by atoms with Crippen molar-refractivity contribution in [3.05, 3.63) is 53.3 Å². The van der Waals surface area contributed by atoms with Gasteiger partial charge in [0, 0.05) is 44.7 Å². The van der Waals surface area contributed by atoms with Crippen LogP contribution in [-0.4, -0.2) is 79.8 Å². The maximum Gasteiger partial charge on any atom is 0.228 e. The normalized spacial score (nSPS) is 15.9. The van der Waals surface area contributed by atoms with Crippen molar-refractivity contribution in [2.24, 2.45) is 5.73 Å². The van der Waals surface area contributed by atoms with Crippen LogP contribution in [0.2, 0.25) is 5.15 Å². The highest BCUT2D eigenvalue weighted by atomic mass is 35.5. The molecule has 0 aliphatic carbocycles. The summed E-state index contributed by atoms with van der Waals surface area (Å²) in [6, 6.07) is 11.1. The van der Waals surface area contributed by atoms with E-state index in [1.54, 1.807) is 12.3 Å². The number of nitrogens with one attached hydrogen (secondary N) is 2. The Bertz CT molecular complexity index is 1240. The topological polar surface area (TPSA) is 129 Å². The molecule has 3 heterocycles. The lowest BCUT2D eigenvalue weighted by Gasteiger charge is -2.32. The van der Waals surface area contributed by atoms with Crippen LogP contribution in [0.15, 0.2) is 42.6 Å². The molecule has 0 radical (unpaired) electrons. The molecule has 2 aromatic heterocycles. The number of piperazine rings is 1. The number of aromatic nitrogens is 3. The van der Waals surface area contributed by atoms with Gasteiger partial charge in [-0.15, -0.1) is 0 Å². The molecule has 1 fully saturated rings. The number of hydrogen-bond acceptors (Lipinski definition) is 9. The van der Waals surface area contributed by atoms with Crippen molar-refractivity contribution < 1.29 is 8.42 Å². The molecule has 0 spiro atoms. The number of likely N-dealkylation sites (N-methyl/N-ethyl adjacent to an activating group) is 1. The SMILES string of the molecule is CN1CCN(c2nc(NCC(CCN)S(=O)(=O)NCc3ccccc3)c3cc(Cl)ncc3n2)CC1. The number of rotatable bonds is 10. The quantitative estimate of drug-likeness (QED) is 0.343. The van der Waals surface area contributed by atoms with Gasteiger partial charge < -0.3 is 20.9 Å². The molecule has 35 heavy (non-hydrogen) atoms. The van der Waals surface area contributed by atoms with Crippen LogP contribution in [0.5, 0.6) is 0 Å². The van der Waals surface area contributed by atoms with E-state index in [0.29, 0.717) is 34.2 Å². The van der Waals surface area contributed by atoms with Gasteiger partial charge in [-0.1, -0.05) is 41.9 Å². The van der Waals surface area contributed by atoms with Crippen molar-refractivity contribution in [2.45, 2.75) is 18.2 Å². The molecular formula is C23H31ClN8O2S. The van der Waals surface area contributed by atoms with E-state index in [4.69, 9.17) is 22.3 Å². The van der Waals surface area contributed by atoms with E-state index in [2.05, 4.69) is 36.9 Å². The molecule has 4 rings (SSSR count). The van der Waals surface area contributed by atoms with Crippen molar-refractivity contribution in [1.29, 1.82) is 0 Å². The number of halogens is 1. The second-order valence-electron chi connectivity index (χ2n) is 8.62. The average molecular weight is 519 g/mol. The Morgan fingerprint density at radius 1 is 1.14 bits per heavy atom. The molecule has 10 nitrogen and oxygen atoms in total. The Labute approximate surface area is 210 Å². The Morgan fingerprint density at radius 3 is 2.60 bits per heavy atom. The number of benzene rings is 1. The fourth-order valence-electron chi connectivity index (χ4n) is 3.94. The third-order valence-corrected chi connectivity index (χ3v) is 8.10. The van der Waals surface area contributed by atoms with Crippen LogP contribution in [0.4, 0.5) is 11.8 Å². The van der Waals surface area contributed by atoms with E-state index < -0.39 is 15.3 Å². The van der Waals surface area contributed by atoms with E-state index in [1.807, 2.05) is 30.3 Å². The van der Waals surface area contributed by atoms with Gasteiger partial charge in [0.15, 0.2) is 0 Å². The average Bonchev–Trinajstić information content (AvgIpc) is 2.86. The number of hydrogen-bond donors (Lipinski definition) is 3. The molecule has 188 valence electrons. The smallest absolute Gasteiger partial charge is 0.228 e. The zero-order valence-electron chi connectivity index (χ0n) is 19.7. The van der Waals surface area contributed by atoms with Gasteiger partial charge in [-0.3, -0.25) is 0 Å². The summed E-state index contributed by atoms with van der Waals surface area (Å²) < 4.78 is 28.9.